The van der Waals surface area contributed by atoms with Crippen molar-refractivity contribution in [1.29, 1.82) is 0 Å². The van der Waals surface area contributed by atoms with E-state index in [0.717, 1.165) is 11.1 Å². The van der Waals surface area contributed by atoms with Gasteiger partial charge in [-0.15, -0.1) is 11.6 Å². The van der Waals surface area contributed by atoms with Crippen molar-refractivity contribution in [2.45, 2.75) is 52.4 Å². The second-order valence-electron chi connectivity index (χ2n) is 6.76. The summed E-state index contributed by atoms with van der Waals surface area (Å²) in [6.45, 7) is 10.6. The number of fused-ring (bicyclic) bond motifs is 1. The average Bonchev–Trinajstić information content (AvgIpc) is 2.89. The molecule has 0 saturated heterocycles. The Morgan fingerprint density at radius 3 is 1.81 bits per heavy atom. The van der Waals surface area contributed by atoms with Gasteiger partial charge in [-0.2, -0.15) is 5.56 Å². The van der Waals surface area contributed by atoms with Crippen molar-refractivity contribution in [3.05, 3.63) is 70.8 Å². The van der Waals surface area contributed by atoms with Gasteiger partial charge in [-0.25, -0.2) is 6.08 Å². The van der Waals surface area contributed by atoms with Crippen LogP contribution in [0.3, 0.4) is 0 Å². The summed E-state index contributed by atoms with van der Waals surface area (Å²) in [6.07, 6.45) is 5.33. The maximum absolute atomic E-state index is 9.93. The second kappa shape index (κ2) is 12.6. The van der Waals surface area contributed by atoms with Gasteiger partial charge in [0.1, 0.15) is 5.75 Å². The molecule has 1 nitrogen and oxygen atoms in total. The smallest absolute Gasteiger partial charge is 1.00 e. The van der Waals surface area contributed by atoms with E-state index in [1.807, 2.05) is 18.2 Å². The molecule has 0 fully saturated rings. The van der Waals surface area contributed by atoms with Crippen molar-refractivity contribution in [2.24, 2.45) is 0 Å². The van der Waals surface area contributed by atoms with Crippen LogP contribution in [-0.2, 0) is 21.7 Å². The van der Waals surface area contributed by atoms with Crippen molar-refractivity contribution in [2.75, 3.05) is 0 Å². The predicted octanol–water partition coefficient (Wildman–Crippen LogP) is 0.265. The van der Waals surface area contributed by atoms with Gasteiger partial charge < -0.3 is 29.9 Å². The van der Waals surface area contributed by atoms with Crippen molar-refractivity contribution in [1.82, 2.24) is 0 Å². The Bertz CT molecular complexity index is 670. The summed E-state index contributed by atoms with van der Waals surface area (Å²) in [5.74, 6) is 1.75. The number of benzene rings is 2. The topological polar surface area (TPSA) is 20.2 Å². The number of rotatable bonds is 2. The molecule has 0 bridgehead atoms. The number of phenols is 1. The van der Waals surface area contributed by atoms with Crippen LogP contribution in [0.4, 0.5) is 0 Å². The summed E-state index contributed by atoms with van der Waals surface area (Å²) in [7, 11) is 0. The van der Waals surface area contributed by atoms with Crippen molar-refractivity contribution in [3.63, 3.8) is 0 Å². The third-order valence-corrected chi connectivity index (χ3v) is 4.29. The SMILES string of the molecule is CC(C)c1cccc(C(C)C)c1O.CC1[C-]=Cc2ccccc21.[Cl-].[Cl-].[Ti+3]. The van der Waals surface area contributed by atoms with Gasteiger partial charge >= 0.3 is 21.7 Å². The largest absolute Gasteiger partial charge is 3.00 e. The Balaban J connectivity index is 0. The molecule has 0 saturated carbocycles. The van der Waals surface area contributed by atoms with E-state index in [1.54, 1.807) is 0 Å². The van der Waals surface area contributed by atoms with Gasteiger partial charge in [0.25, 0.3) is 0 Å². The van der Waals surface area contributed by atoms with Crippen molar-refractivity contribution in [3.8, 4) is 5.75 Å². The maximum Gasteiger partial charge on any atom is 3.00 e. The van der Waals surface area contributed by atoms with Gasteiger partial charge in [0.05, 0.1) is 0 Å². The van der Waals surface area contributed by atoms with E-state index in [4.69, 9.17) is 0 Å². The number of para-hydroxylation sites is 1. The molecule has 1 unspecified atom stereocenters. The van der Waals surface area contributed by atoms with Crippen LogP contribution in [0.1, 0.15) is 74.6 Å². The van der Waals surface area contributed by atoms with Crippen molar-refractivity contribution >= 4 is 6.08 Å². The fraction of sp³-hybridized carbons (Fsp3) is 0.364. The van der Waals surface area contributed by atoms with Crippen LogP contribution in [0.5, 0.6) is 5.75 Å². The number of phenolic OH excluding ortho intramolecular Hbond substituents is 1. The number of hydrogen-bond donors (Lipinski definition) is 1. The quantitative estimate of drug-likeness (QED) is 0.540. The van der Waals surface area contributed by atoms with Crippen LogP contribution in [0, 0.1) is 6.08 Å². The summed E-state index contributed by atoms with van der Waals surface area (Å²) in [5.41, 5.74) is 4.83. The minimum absolute atomic E-state index is 0. The van der Waals surface area contributed by atoms with Crippen molar-refractivity contribution < 1.29 is 51.6 Å². The summed E-state index contributed by atoms with van der Waals surface area (Å²) >= 11 is 0. The van der Waals surface area contributed by atoms with E-state index in [9.17, 15) is 5.11 Å². The zero-order chi connectivity index (χ0) is 17.0. The van der Waals surface area contributed by atoms with Gasteiger partial charge in [0.2, 0.25) is 0 Å². The second-order valence-corrected chi connectivity index (χ2v) is 6.76. The van der Waals surface area contributed by atoms with Gasteiger partial charge in [-0.1, -0.05) is 76.9 Å². The molecule has 1 aliphatic carbocycles. The van der Waals surface area contributed by atoms with Gasteiger partial charge in [0.15, 0.2) is 0 Å². The Morgan fingerprint density at radius 1 is 0.846 bits per heavy atom. The van der Waals surface area contributed by atoms with Crippen LogP contribution in [-0.4, -0.2) is 5.11 Å². The molecule has 1 atom stereocenters. The molecule has 26 heavy (non-hydrogen) atoms. The summed E-state index contributed by atoms with van der Waals surface area (Å²) in [5, 5.41) is 9.93. The Morgan fingerprint density at radius 2 is 1.35 bits per heavy atom. The minimum atomic E-state index is 0. The summed E-state index contributed by atoms with van der Waals surface area (Å²) < 4.78 is 0. The molecule has 0 amide bonds. The number of hydrogen-bond acceptors (Lipinski definition) is 1. The average molecular weight is 426 g/mol. The molecular weight excluding hydrogens is 399 g/mol. The molecule has 0 aromatic heterocycles. The molecular formula is C22H27Cl2OTi. The number of aromatic hydroxyl groups is 1. The summed E-state index contributed by atoms with van der Waals surface area (Å²) in [6, 6.07) is 14.4. The maximum atomic E-state index is 9.93. The van der Waals surface area contributed by atoms with Crippen LogP contribution in [0.15, 0.2) is 42.5 Å². The van der Waals surface area contributed by atoms with E-state index in [0.29, 0.717) is 23.5 Å². The van der Waals surface area contributed by atoms with E-state index in [-0.39, 0.29) is 46.5 Å². The first-order valence-corrected chi connectivity index (χ1v) is 8.41. The first-order valence-electron chi connectivity index (χ1n) is 8.41. The summed E-state index contributed by atoms with van der Waals surface area (Å²) in [4.78, 5) is 0. The van der Waals surface area contributed by atoms with Gasteiger partial charge in [-0.3, -0.25) is 6.08 Å². The molecule has 4 heteroatoms. The molecule has 2 aromatic carbocycles. The molecule has 0 heterocycles. The van der Waals surface area contributed by atoms with Gasteiger partial charge in [0, 0.05) is 0 Å². The third kappa shape index (κ3) is 6.78. The molecule has 1 aliphatic rings. The van der Waals surface area contributed by atoms with Crippen LogP contribution < -0.4 is 24.8 Å². The molecule has 1 radical (unpaired) electrons. The number of halogens is 2. The molecule has 0 spiro atoms. The standard InChI is InChI=1S/C12H18O.C10H9.2ClH.Ti/c1-8(2)10-6-5-7-11(9(3)4)12(10)13;1-8-6-7-9-4-2-3-5-10(8)9;;;/h5-9,13H,1-4H3;2-5,7-8H,1H3;2*1H;/q;-1;;;+3/p-2. The molecule has 1 N–H and O–H groups in total. The van der Waals surface area contributed by atoms with Crippen LogP contribution >= 0.6 is 0 Å². The minimum Gasteiger partial charge on any atom is -1.00 e. The Kier molecular flexibility index (Phi) is 13.3. The fourth-order valence-electron chi connectivity index (χ4n) is 2.85. The molecule has 139 valence electrons. The normalized spacial score (nSPS) is 13.7. The predicted molar refractivity (Wildman–Crippen MR) is 98.8 cm³/mol. The first-order chi connectivity index (χ1) is 10.9. The van der Waals surface area contributed by atoms with Gasteiger partial charge in [-0.05, 0) is 23.0 Å². The molecule has 3 rings (SSSR count). The fourth-order valence-corrected chi connectivity index (χ4v) is 2.85. The van der Waals surface area contributed by atoms with E-state index in [1.165, 1.54) is 11.1 Å². The van der Waals surface area contributed by atoms with E-state index < -0.39 is 0 Å². The third-order valence-electron chi connectivity index (χ3n) is 4.29. The first kappa shape index (κ1) is 27.5. The van der Waals surface area contributed by atoms with Crippen LogP contribution in [0.2, 0.25) is 0 Å². The molecule has 0 aliphatic heterocycles. The zero-order valence-corrected chi connectivity index (χ0v) is 19.1. The molecule has 2 aromatic rings. The Hall–Kier alpha value is -0.726. The number of allylic oxidation sites excluding steroid dienone is 1. The zero-order valence-electron chi connectivity index (χ0n) is 16.1. The monoisotopic (exact) mass is 425 g/mol. The van der Waals surface area contributed by atoms with E-state index in [2.05, 4.69) is 71.0 Å². The van der Waals surface area contributed by atoms with Crippen LogP contribution in [0.25, 0.3) is 6.08 Å². The Labute approximate surface area is 186 Å². The van der Waals surface area contributed by atoms with E-state index >= 15 is 0 Å².